The Kier molecular flexibility index (Phi) is 3.65. The summed E-state index contributed by atoms with van der Waals surface area (Å²) in [4.78, 5) is 13.2. The van der Waals surface area contributed by atoms with E-state index in [0.29, 0.717) is 5.88 Å². The highest BCUT2D eigenvalue weighted by Gasteiger charge is 2.11. The van der Waals surface area contributed by atoms with Crippen LogP contribution in [0.4, 0.5) is 0 Å². The minimum Gasteiger partial charge on any atom is -0.311 e. The second-order valence-corrected chi connectivity index (χ2v) is 4.98. The molecule has 4 nitrogen and oxygen atoms in total. The van der Waals surface area contributed by atoms with Gasteiger partial charge in [-0.15, -0.1) is 11.6 Å². The van der Waals surface area contributed by atoms with E-state index in [2.05, 4.69) is 19.5 Å². The number of imidazole rings is 1. The molecule has 0 bridgehead atoms. The maximum atomic E-state index is 6.00. The summed E-state index contributed by atoms with van der Waals surface area (Å²) in [6.07, 6.45) is 4.53. The summed E-state index contributed by atoms with van der Waals surface area (Å²) in [5, 5.41) is 0. The number of alkyl halides is 1. The number of aromatic nitrogens is 4. The Morgan fingerprint density at radius 3 is 2.65 bits per heavy atom. The van der Waals surface area contributed by atoms with Crippen LogP contribution in [0.15, 0.2) is 36.7 Å². The minimum atomic E-state index is 0.395. The van der Waals surface area contributed by atoms with Gasteiger partial charge in [-0.3, -0.25) is 4.98 Å². The van der Waals surface area contributed by atoms with E-state index in [1.807, 2.05) is 43.6 Å². The molecule has 0 atom stereocenters. The van der Waals surface area contributed by atoms with Crippen LogP contribution in [0, 0.1) is 6.92 Å². The zero-order valence-corrected chi connectivity index (χ0v) is 12.0. The molecule has 0 aliphatic rings. The van der Waals surface area contributed by atoms with E-state index in [0.717, 1.165) is 35.6 Å². The van der Waals surface area contributed by atoms with Crippen LogP contribution in [0.5, 0.6) is 0 Å². The van der Waals surface area contributed by atoms with Crippen molar-refractivity contribution < 1.29 is 0 Å². The van der Waals surface area contributed by atoms with Crippen LogP contribution in [0.25, 0.3) is 11.2 Å². The van der Waals surface area contributed by atoms with Gasteiger partial charge in [-0.05, 0) is 43.2 Å². The molecule has 5 heteroatoms. The average Bonchev–Trinajstić information content (AvgIpc) is 2.83. The third-order valence-electron chi connectivity index (χ3n) is 3.30. The molecule has 3 aromatic heterocycles. The van der Waals surface area contributed by atoms with E-state index in [4.69, 9.17) is 11.6 Å². The van der Waals surface area contributed by atoms with Crippen LogP contribution >= 0.6 is 11.6 Å². The zero-order chi connectivity index (χ0) is 13.9. The molecule has 0 fully saturated rings. The number of pyridine rings is 2. The molecule has 0 saturated carbocycles. The van der Waals surface area contributed by atoms with E-state index < -0.39 is 0 Å². The Morgan fingerprint density at radius 2 is 1.90 bits per heavy atom. The lowest BCUT2D eigenvalue weighted by Gasteiger charge is -2.07. The third-order valence-corrected chi connectivity index (χ3v) is 3.54. The van der Waals surface area contributed by atoms with Gasteiger partial charge in [0, 0.05) is 24.6 Å². The number of hydrogen-bond acceptors (Lipinski definition) is 3. The van der Waals surface area contributed by atoms with Crippen molar-refractivity contribution in [2.45, 2.75) is 25.8 Å². The molecular formula is C15H15ClN4. The SMILES string of the molecule is Cc1ccc2nc(CCl)n(CCc3ccncc3)c2n1. The molecule has 0 radical (unpaired) electrons. The van der Waals surface area contributed by atoms with Gasteiger partial charge in [0.2, 0.25) is 0 Å². The molecule has 0 amide bonds. The van der Waals surface area contributed by atoms with Gasteiger partial charge in [-0.25, -0.2) is 9.97 Å². The Labute approximate surface area is 122 Å². The van der Waals surface area contributed by atoms with Gasteiger partial charge >= 0.3 is 0 Å². The second-order valence-electron chi connectivity index (χ2n) is 4.71. The van der Waals surface area contributed by atoms with Crippen molar-refractivity contribution >= 4 is 22.8 Å². The van der Waals surface area contributed by atoms with Crippen LogP contribution in [-0.2, 0) is 18.8 Å². The van der Waals surface area contributed by atoms with Crippen molar-refractivity contribution in [2.24, 2.45) is 0 Å². The smallest absolute Gasteiger partial charge is 0.160 e. The molecule has 3 aromatic rings. The summed E-state index contributed by atoms with van der Waals surface area (Å²) in [5.74, 6) is 1.26. The van der Waals surface area contributed by atoms with E-state index in [1.165, 1.54) is 5.56 Å². The lowest BCUT2D eigenvalue weighted by Crippen LogP contribution is -2.06. The van der Waals surface area contributed by atoms with Gasteiger partial charge in [0.15, 0.2) is 5.65 Å². The fourth-order valence-corrected chi connectivity index (χ4v) is 2.47. The van der Waals surface area contributed by atoms with Crippen LogP contribution in [-0.4, -0.2) is 19.5 Å². The van der Waals surface area contributed by atoms with E-state index in [-0.39, 0.29) is 0 Å². The summed E-state index contributed by atoms with van der Waals surface area (Å²) in [6, 6.07) is 8.02. The molecule has 102 valence electrons. The van der Waals surface area contributed by atoms with Crippen molar-refractivity contribution in [2.75, 3.05) is 0 Å². The number of hydrogen-bond donors (Lipinski definition) is 0. The Morgan fingerprint density at radius 1 is 1.10 bits per heavy atom. The molecular weight excluding hydrogens is 272 g/mol. The molecule has 0 spiro atoms. The van der Waals surface area contributed by atoms with Gasteiger partial charge in [0.25, 0.3) is 0 Å². The standard InChI is InChI=1S/C15H15ClN4/c1-11-2-3-13-15(18-11)20(14(10-16)19-13)9-6-12-4-7-17-8-5-12/h2-5,7-8H,6,9-10H2,1H3. The maximum Gasteiger partial charge on any atom is 0.160 e. The Hall–Kier alpha value is -1.94. The summed E-state index contributed by atoms with van der Waals surface area (Å²) in [7, 11) is 0. The lowest BCUT2D eigenvalue weighted by atomic mass is 10.2. The normalized spacial score (nSPS) is 11.1. The summed E-state index contributed by atoms with van der Waals surface area (Å²) in [6.45, 7) is 2.80. The predicted molar refractivity (Wildman–Crippen MR) is 79.8 cm³/mol. The van der Waals surface area contributed by atoms with Gasteiger partial charge in [0.1, 0.15) is 11.3 Å². The topological polar surface area (TPSA) is 43.6 Å². The quantitative estimate of drug-likeness (QED) is 0.692. The van der Waals surface area contributed by atoms with Crippen LogP contribution < -0.4 is 0 Å². The first-order chi connectivity index (χ1) is 9.78. The number of nitrogens with zero attached hydrogens (tertiary/aromatic N) is 4. The van der Waals surface area contributed by atoms with E-state index in [1.54, 1.807) is 0 Å². The fourth-order valence-electron chi connectivity index (χ4n) is 2.27. The molecule has 0 aromatic carbocycles. The number of rotatable bonds is 4. The highest BCUT2D eigenvalue weighted by Crippen LogP contribution is 2.17. The van der Waals surface area contributed by atoms with Gasteiger partial charge in [0.05, 0.1) is 5.88 Å². The van der Waals surface area contributed by atoms with Crippen molar-refractivity contribution in [3.63, 3.8) is 0 Å². The summed E-state index contributed by atoms with van der Waals surface area (Å²) < 4.78 is 2.11. The molecule has 3 rings (SSSR count). The molecule has 0 aliphatic carbocycles. The van der Waals surface area contributed by atoms with Crippen molar-refractivity contribution in [1.29, 1.82) is 0 Å². The number of halogens is 1. The third kappa shape index (κ3) is 2.51. The molecule has 0 saturated heterocycles. The lowest BCUT2D eigenvalue weighted by molar-refractivity contribution is 0.681. The van der Waals surface area contributed by atoms with Crippen molar-refractivity contribution in [3.05, 3.63) is 53.7 Å². The molecule has 3 heterocycles. The van der Waals surface area contributed by atoms with Gasteiger partial charge < -0.3 is 4.57 Å². The highest BCUT2D eigenvalue weighted by molar-refractivity contribution is 6.16. The molecule has 0 unspecified atom stereocenters. The number of fused-ring (bicyclic) bond motifs is 1. The van der Waals surface area contributed by atoms with E-state index in [9.17, 15) is 0 Å². The second kappa shape index (κ2) is 5.59. The molecule has 0 aliphatic heterocycles. The first-order valence-corrected chi connectivity index (χ1v) is 7.09. The monoisotopic (exact) mass is 286 g/mol. The predicted octanol–water partition coefficient (Wildman–Crippen LogP) is 3.12. The van der Waals surface area contributed by atoms with E-state index >= 15 is 0 Å². The van der Waals surface area contributed by atoms with Gasteiger partial charge in [-0.1, -0.05) is 0 Å². The fraction of sp³-hybridized carbons (Fsp3) is 0.267. The highest BCUT2D eigenvalue weighted by atomic mass is 35.5. The van der Waals surface area contributed by atoms with Crippen LogP contribution in [0.3, 0.4) is 0 Å². The maximum absolute atomic E-state index is 6.00. The largest absolute Gasteiger partial charge is 0.311 e. The summed E-state index contributed by atoms with van der Waals surface area (Å²) in [5.41, 5.74) is 4.05. The number of aryl methyl sites for hydroxylation is 3. The average molecular weight is 287 g/mol. The van der Waals surface area contributed by atoms with Gasteiger partial charge in [-0.2, -0.15) is 0 Å². The first kappa shape index (κ1) is 13.1. The van der Waals surface area contributed by atoms with Crippen molar-refractivity contribution in [3.8, 4) is 0 Å². The molecule has 0 N–H and O–H groups in total. The zero-order valence-electron chi connectivity index (χ0n) is 11.3. The Balaban J connectivity index is 1.95. The molecule has 20 heavy (non-hydrogen) atoms. The van der Waals surface area contributed by atoms with Crippen molar-refractivity contribution in [1.82, 2.24) is 19.5 Å². The summed E-state index contributed by atoms with van der Waals surface area (Å²) >= 11 is 6.00. The van der Waals surface area contributed by atoms with Crippen LogP contribution in [0.1, 0.15) is 17.1 Å². The van der Waals surface area contributed by atoms with Crippen LogP contribution in [0.2, 0.25) is 0 Å². The minimum absolute atomic E-state index is 0.395. The first-order valence-electron chi connectivity index (χ1n) is 6.55. The Bertz CT molecular complexity index is 721.